The predicted octanol–water partition coefficient (Wildman–Crippen LogP) is 6.04. The molecule has 1 aliphatic rings. The number of amides is 2. The average Bonchev–Trinajstić information content (AvgIpc) is 2.87. The van der Waals surface area contributed by atoms with Crippen molar-refractivity contribution in [2.75, 3.05) is 44.6 Å². The van der Waals surface area contributed by atoms with Crippen LogP contribution in [0.5, 0.6) is 0 Å². The van der Waals surface area contributed by atoms with Crippen LogP contribution in [0.2, 0.25) is 0 Å². The van der Waals surface area contributed by atoms with Crippen LogP contribution >= 0.6 is 0 Å². The van der Waals surface area contributed by atoms with E-state index in [-0.39, 0.29) is 5.91 Å². The van der Waals surface area contributed by atoms with Gasteiger partial charge in [-0.15, -0.1) is 0 Å². The Balaban J connectivity index is 1.97. The molecule has 0 aliphatic carbocycles. The van der Waals surface area contributed by atoms with Crippen LogP contribution in [0.3, 0.4) is 0 Å². The van der Waals surface area contributed by atoms with Crippen LogP contribution in [0.15, 0.2) is 54.1 Å². The number of hydrogen-bond donors (Lipinski definition) is 1. The summed E-state index contributed by atoms with van der Waals surface area (Å²) in [6, 6.07) is 15.9. The molecule has 6 heteroatoms. The van der Waals surface area contributed by atoms with E-state index in [4.69, 9.17) is 4.74 Å². The number of ether oxygens (including phenoxy) is 1. The summed E-state index contributed by atoms with van der Waals surface area (Å²) in [7, 11) is 0. The van der Waals surface area contributed by atoms with E-state index in [1.165, 1.54) is 11.1 Å². The zero-order chi connectivity index (χ0) is 25.2. The summed E-state index contributed by atoms with van der Waals surface area (Å²) in [4.78, 5) is 29.2. The van der Waals surface area contributed by atoms with Gasteiger partial charge >= 0.3 is 6.09 Å². The van der Waals surface area contributed by atoms with Gasteiger partial charge in [-0.3, -0.25) is 10.1 Å². The van der Waals surface area contributed by atoms with E-state index < -0.39 is 6.09 Å². The van der Waals surface area contributed by atoms with Crippen LogP contribution in [0, 0.1) is 0 Å². The van der Waals surface area contributed by atoms with Crippen molar-refractivity contribution in [3.63, 3.8) is 0 Å². The van der Waals surface area contributed by atoms with Crippen molar-refractivity contribution < 1.29 is 14.3 Å². The molecule has 0 spiro atoms. The Labute approximate surface area is 210 Å². The number of anilines is 1. The van der Waals surface area contributed by atoms with Crippen molar-refractivity contribution in [3.05, 3.63) is 70.8 Å². The lowest BCUT2D eigenvalue weighted by molar-refractivity contribution is 0.0773. The maximum Gasteiger partial charge on any atom is 0.411 e. The molecular weight excluding hydrogens is 438 g/mol. The first-order valence-corrected chi connectivity index (χ1v) is 12.9. The molecule has 0 aromatic heterocycles. The highest BCUT2D eigenvalue weighted by molar-refractivity contribution is 5.95. The number of rotatable bonds is 9. The topological polar surface area (TPSA) is 61.9 Å². The fourth-order valence-electron chi connectivity index (χ4n) is 4.70. The molecule has 2 aromatic carbocycles. The highest BCUT2D eigenvalue weighted by Gasteiger charge is 2.20. The van der Waals surface area contributed by atoms with Crippen LogP contribution in [0.1, 0.15) is 68.4 Å². The van der Waals surface area contributed by atoms with Gasteiger partial charge in [-0.05, 0) is 87.5 Å². The lowest BCUT2D eigenvalue weighted by Gasteiger charge is -2.30. The standard InChI is InChI=1S/C29H39N3O3/c1-5-18-31-19-16-23(17-20-31)27(25-10-9-11-26(21-25)30-29(34)35-8-4)22-12-14-24(15-13-22)28(33)32(6-2)7-3/h9-15,21H,5-8,16-20H2,1-4H3,(H,30,34). The molecule has 2 aromatic rings. The molecule has 0 saturated carbocycles. The first-order valence-electron chi connectivity index (χ1n) is 12.9. The van der Waals surface area contributed by atoms with Gasteiger partial charge < -0.3 is 14.5 Å². The first kappa shape index (κ1) is 26.5. The second-order valence-corrected chi connectivity index (χ2v) is 8.80. The Bertz CT molecular complexity index is 1020. The van der Waals surface area contributed by atoms with Crippen molar-refractivity contribution in [3.8, 4) is 0 Å². The fourth-order valence-corrected chi connectivity index (χ4v) is 4.70. The van der Waals surface area contributed by atoms with Crippen molar-refractivity contribution in [2.24, 2.45) is 0 Å². The fraction of sp³-hybridized carbons (Fsp3) is 0.448. The Hall–Kier alpha value is -3.12. The molecule has 1 heterocycles. The zero-order valence-electron chi connectivity index (χ0n) is 21.6. The van der Waals surface area contributed by atoms with Gasteiger partial charge in [-0.1, -0.05) is 36.8 Å². The Morgan fingerprint density at radius 3 is 2.17 bits per heavy atom. The second kappa shape index (κ2) is 13.1. The van der Waals surface area contributed by atoms with Gasteiger partial charge in [0.1, 0.15) is 0 Å². The number of likely N-dealkylation sites (tertiary alicyclic amines) is 1. The molecule has 2 amide bonds. The van der Waals surface area contributed by atoms with Crippen molar-refractivity contribution in [1.29, 1.82) is 0 Å². The molecule has 1 aliphatic heterocycles. The van der Waals surface area contributed by atoms with E-state index >= 15 is 0 Å². The second-order valence-electron chi connectivity index (χ2n) is 8.80. The molecule has 0 unspecified atom stereocenters. The summed E-state index contributed by atoms with van der Waals surface area (Å²) >= 11 is 0. The molecule has 188 valence electrons. The lowest BCUT2D eigenvalue weighted by Crippen LogP contribution is -2.31. The number of piperidine rings is 1. The van der Waals surface area contributed by atoms with Crippen LogP contribution in [-0.4, -0.2) is 61.1 Å². The highest BCUT2D eigenvalue weighted by atomic mass is 16.5. The summed E-state index contributed by atoms with van der Waals surface area (Å²) in [5.74, 6) is 0.0595. The largest absolute Gasteiger partial charge is 0.450 e. The van der Waals surface area contributed by atoms with Crippen LogP contribution in [0.4, 0.5) is 10.5 Å². The number of benzene rings is 2. The smallest absolute Gasteiger partial charge is 0.411 e. The Morgan fingerprint density at radius 2 is 1.57 bits per heavy atom. The van der Waals surface area contributed by atoms with Gasteiger partial charge in [0.2, 0.25) is 0 Å². The van der Waals surface area contributed by atoms with Crippen LogP contribution < -0.4 is 5.32 Å². The number of carbonyl (C=O) groups is 2. The minimum absolute atomic E-state index is 0.0595. The molecule has 1 fully saturated rings. The third kappa shape index (κ3) is 6.95. The molecule has 0 bridgehead atoms. The van der Waals surface area contributed by atoms with Gasteiger partial charge in [0, 0.05) is 37.4 Å². The van der Waals surface area contributed by atoms with E-state index in [1.54, 1.807) is 6.92 Å². The summed E-state index contributed by atoms with van der Waals surface area (Å²) in [5, 5.41) is 2.82. The number of nitrogens with zero attached hydrogens (tertiary/aromatic N) is 2. The van der Waals surface area contributed by atoms with Gasteiger partial charge in [0.25, 0.3) is 5.91 Å². The van der Waals surface area contributed by atoms with Crippen molar-refractivity contribution in [1.82, 2.24) is 9.80 Å². The van der Waals surface area contributed by atoms with Crippen LogP contribution in [0.25, 0.3) is 5.57 Å². The Kier molecular flexibility index (Phi) is 9.91. The quantitative estimate of drug-likeness (QED) is 0.478. The van der Waals surface area contributed by atoms with E-state index in [9.17, 15) is 9.59 Å². The molecule has 3 rings (SSSR count). The minimum atomic E-state index is -0.453. The molecule has 35 heavy (non-hydrogen) atoms. The molecular formula is C29H39N3O3. The highest BCUT2D eigenvalue weighted by Crippen LogP contribution is 2.34. The molecule has 1 saturated heterocycles. The third-order valence-electron chi connectivity index (χ3n) is 6.50. The van der Waals surface area contributed by atoms with Crippen molar-refractivity contribution >= 4 is 23.3 Å². The predicted molar refractivity (Wildman–Crippen MR) is 143 cm³/mol. The van der Waals surface area contributed by atoms with E-state index in [0.717, 1.165) is 50.0 Å². The third-order valence-corrected chi connectivity index (χ3v) is 6.50. The SMILES string of the molecule is CCCN1CCC(=C(c2ccc(C(=O)N(CC)CC)cc2)c2cccc(NC(=O)OCC)c2)CC1. The van der Waals surface area contributed by atoms with E-state index in [0.29, 0.717) is 30.9 Å². The maximum absolute atomic E-state index is 12.8. The van der Waals surface area contributed by atoms with Gasteiger partial charge in [-0.25, -0.2) is 4.79 Å². The van der Waals surface area contributed by atoms with E-state index in [2.05, 4.69) is 35.3 Å². The molecule has 1 N–H and O–H groups in total. The van der Waals surface area contributed by atoms with Gasteiger partial charge in [0.15, 0.2) is 0 Å². The number of nitrogens with one attached hydrogen (secondary N) is 1. The lowest BCUT2D eigenvalue weighted by atomic mass is 9.87. The summed E-state index contributed by atoms with van der Waals surface area (Å²) in [6.45, 7) is 13.0. The normalized spacial score (nSPS) is 13.9. The maximum atomic E-state index is 12.8. The van der Waals surface area contributed by atoms with Crippen molar-refractivity contribution in [2.45, 2.75) is 47.0 Å². The minimum Gasteiger partial charge on any atom is -0.450 e. The van der Waals surface area contributed by atoms with Gasteiger partial charge in [0.05, 0.1) is 6.61 Å². The van der Waals surface area contributed by atoms with E-state index in [1.807, 2.05) is 49.1 Å². The monoisotopic (exact) mass is 477 g/mol. The number of carbonyl (C=O) groups excluding carboxylic acids is 2. The average molecular weight is 478 g/mol. The first-order chi connectivity index (χ1) is 17.0. The van der Waals surface area contributed by atoms with Crippen LogP contribution in [-0.2, 0) is 4.74 Å². The van der Waals surface area contributed by atoms with Gasteiger partial charge in [-0.2, -0.15) is 0 Å². The molecule has 0 atom stereocenters. The summed E-state index contributed by atoms with van der Waals surface area (Å²) in [6.07, 6.45) is 2.72. The summed E-state index contributed by atoms with van der Waals surface area (Å²) in [5.41, 5.74) is 6.16. The molecule has 6 nitrogen and oxygen atoms in total. The summed E-state index contributed by atoms with van der Waals surface area (Å²) < 4.78 is 5.05. The molecule has 0 radical (unpaired) electrons. The zero-order valence-corrected chi connectivity index (χ0v) is 21.6. The number of hydrogen-bond acceptors (Lipinski definition) is 4. The Morgan fingerprint density at radius 1 is 0.914 bits per heavy atom.